The first kappa shape index (κ1) is 14.0. The van der Waals surface area contributed by atoms with Crippen LogP contribution in [0.25, 0.3) is 0 Å². The third kappa shape index (κ3) is 3.24. The molecule has 0 N–H and O–H groups in total. The van der Waals surface area contributed by atoms with Crippen LogP contribution in [0.15, 0.2) is 0 Å². The Balaban J connectivity index is 2.70. The molecule has 0 unspecified atom stereocenters. The lowest BCUT2D eigenvalue weighted by Gasteiger charge is -2.43. The van der Waals surface area contributed by atoms with Crippen LogP contribution in [0.3, 0.4) is 0 Å². The molecule has 1 rings (SSSR count). The number of hydrogen-bond acceptors (Lipinski definition) is 2. The van der Waals surface area contributed by atoms with Gasteiger partial charge < -0.3 is 9.39 Å². The fraction of sp³-hybridized carbons (Fsp3) is 1.00. The molecule has 1 aliphatic rings. The molecule has 1 aliphatic heterocycles. The molecule has 16 heavy (non-hydrogen) atoms. The van der Waals surface area contributed by atoms with Crippen molar-refractivity contribution < 1.29 is 9.39 Å². The maximum atomic E-state index is 6.25. The van der Waals surface area contributed by atoms with E-state index < -0.39 is 0 Å². The van der Waals surface area contributed by atoms with Gasteiger partial charge in [-0.2, -0.15) is 0 Å². The normalized spacial score (nSPS) is 31.5. The second-order valence-electron chi connectivity index (χ2n) is 5.72. The third-order valence-corrected chi connectivity index (χ3v) is 3.44. The summed E-state index contributed by atoms with van der Waals surface area (Å²) < 4.78 is 12.4. The van der Waals surface area contributed by atoms with Gasteiger partial charge >= 0.3 is 6.92 Å². The Morgan fingerprint density at radius 3 is 2.06 bits per heavy atom. The minimum Gasteiger partial charge on any atom is -0.428 e. The van der Waals surface area contributed by atoms with Gasteiger partial charge in [-0.25, -0.2) is 0 Å². The largest absolute Gasteiger partial charge is 0.428 e. The first-order valence-electron chi connectivity index (χ1n) is 6.78. The second kappa shape index (κ2) is 6.06. The van der Waals surface area contributed by atoms with Crippen molar-refractivity contribution in [2.45, 2.75) is 72.5 Å². The molecular formula is C13H27BO2. The predicted molar refractivity (Wildman–Crippen MR) is 69.7 cm³/mol. The predicted octanol–water partition coefficient (Wildman–Crippen LogP) is 3.41. The van der Waals surface area contributed by atoms with Crippen LogP contribution >= 0.6 is 0 Å². The Morgan fingerprint density at radius 1 is 1.06 bits per heavy atom. The van der Waals surface area contributed by atoms with E-state index in [1.807, 2.05) is 0 Å². The van der Waals surface area contributed by atoms with Gasteiger partial charge in [0.05, 0.1) is 18.2 Å². The van der Waals surface area contributed by atoms with E-state index in [4.69, 9.17) is 9.39 Å². The molecule has 1 heterocycles. The van der Waals surface area contributed by atoms with Crippen molar-refractivity contribution in [3.8, 4) is 0 Å². The van der Waals surface area contributed by atoms with E-state index in [0.29, 0.717) is 11.8 Å². The molecule has 0 aliphatic carbocycles. The Kier molecular flexibility index (Phi) is 5.32. The van der Waals surface area contributed by atoms with Crippen LogP contribution < -0.4 is 0 Å². The van der Waals surface area contributed by atoms with E-state index in [9.17, 15) is 0 Å². The van der Waals surface area contributed by atoms with Gasteiger partial charge in [0.1, 0.15) is 0 Å². The summed E-state index contributed by atoms with van der Waals surface area (Å²) in [5.41, 5.74) is 0. The Morgan fingerprint density at radius 2 is 1.62 bits per heavy atom. The highest BCUT2D eigenvalue weighted by Gasteiger charge is 2.40. The molecule has 1 saturated heterocycles. The summed E-state index contributed by atoms with van der Waals surface area (Å²) in [5, 5.41) is 0. The van der Waals surface area contributed by atoms with Crippen molar-refractivity contribution in [3.05, 3.63) is 0 Å². The molecule has 3 atom stereocenters. The van der Waals surface area contributed by atoms with Crippen LogP contribution in [-0.2, 0) is 9.39 Å². The van der Waals surface area contributed by atoms with Crippen LogP contribution in [-0.4, -0.2) is 25.1 Å². The van der Waals surface area contributed by atoms with Crippen LogP contribution in [0.1, 0.15) is 47.5 Å². The zero-order valence-electron chi connectivity index (χ0n) is 11.7. The fourth-order valence-corrected chi connectivity index (χ4v) is 2.46. The SMILES string of the molecule is CCC[C@@H]1O[C@@H](C(C)C)[C@H](C(C)C)OB1C. The lowest BCUT2D eigenvalue weighted by atomic mass is 9.61. The topological polar surface area (TPSA) is 18.5 Å². The lowest BCUT2D eigenvalue weighted by Crippen LogP contribution is -2.54. The summed E-state index contributed by atoms with van der Waals surface area (Å²) in [5.74, 6) is 1.05. The molecule has 0 radical (unpaired) electrons. The molecule has 0 aromatic rings. The minimum atomic E-state index is 0.238. The van der Waals surface area contributed by atoms with Crippen LogP contribution in [0.2, 0.25) is 6.82 Å². The molecule has 94 valence electrons. The molecule has 0 aromatic heterocycles. The van der Waals surface area contributed by atoms with Gasteiger partial charge in [0.25, 0.3) is 0 Å². The average molecular weight is 226 g/mol. The summed E-state index contributed by atoms with van der Waals surface area (Å²) in [6.45, 7) is 13.5. The molecular weight excluding hydrogens is 199 g/mol. The summed E-state index contributed by atoms with van der Waals surface area (Å²) in [6, 6.07) is 0.285. The van der Waals surface area contributed by atoms with E-state index in [2.05, 4.69) is 41.4 Å². The van der Waals surface area contributed by atoms with Crippen molar-refractivity contribution >= 4 is 6.92 Å². The van der Waals surface area contributed by atoms with Gasteiger partial charge in [0, 0.05) is 0 Å². The molecule has 0 spiro atoms. The zero-order chi connectivity index (χ0) is 12.3. The maximum absolute atomic E-state index is 6.25. The standard InChI is InChI=1S/C13H27BO2/c1-7-8-11-14(6)16-13(10(4)5)12(15-11)9(2)3/h9-13H,7-8H2,1-6H3/t11-,12-,13-/m0/s1. The molecule has 0 bridgehead atoms. The number of hydrogen-bond donors (Lipinski definition) is 0. The summed E-state index contributed by atoms with van der Waals surface area (Å²) >= 11 is 0. The van der Waals surface area contributed by atoms with E-state index in [1.165, 1.54) is 0 Å². The smallest absolute Gasteiger partial charge is 0.319 e. The van der Waals surface area contributed by atoms with Crippen molar-refractivity contribution in [2.75, 3.05) is 0 Å². The van der Waals surface area contributed by atoms with Crippen LogP contribution in [0, 0.1) is 11.8 Å². The quantitative estimate of drug-likeness (QED) is 0.684. The van der Waals surface area contributed by atoms with Crippen molar-refractivity contribution in [3.63, 3.8) is 0 Å². The highest BCUT2D eigenvalue weighted by atomic mass is 16.6. The Labute approximate surface area is 101 Å². The average Bonchev–Trinajstić information content (AvgIpc) is 2.20. The summed E-state index contributed by atoms with van der Waals surface area (Å²) in [6.07, 6.45) is 2.78. The van der Waals surface area contributed by atoms with Gasteiger partial charge in [-0.1, -0.05) is 47.9 Å². The van der Waals surface area contributed by atoms with E-state index in [-0.39, 0.29) is 25.1 Å². The fourth-order valence-electron chi connectivity index (χ4n) is 2.46. The summed E-state index contributed by atoms with van der Waals surface area (Å²) in [4.78, 5) is 0. The van der Waals surface area contributed by atoms with Crippen molar-refractivity contribution in [2.24, 2.45) is 11.8 Å². The molecule has 0 aromatic carbocycles. The second-order valence-corrected chi connectivity index (χ2v) is 5.72. The van der Waals surface area contributed by atoms with E-state index in [0.717, 1.165) is 12.8 Å². The monoisotopic (exact) mass is 226 g/mol. The van der Waals surface area contributed by atoms with Gasteiger partial charge in [0.2, 0.25) is 0 Å². The molecule has 0 amide bonds. The third-order valence-electron chi connectivity index (χ3n) is 3.44. The van der Waals surface area contributed by atoms with Gasteiger partial charge in [-0.3, -0.25) is 0 Å². The molecule has 1 fully saturated rings. The van der Waals surface area contributed by atoms with Crippen molar-refractivity contribution in [1.82, 2.24) is 0 Å². The van der Waals surface area contributed by atoms with Crippen molar-refractivity contribution in [1.29, 1.82) is 0 Å². The van der Waals surface area contributed by atoms with Crippen LogP contribution in [0.4, 0.5) is 0 Å². The first-order chi connectivity index (χ1) is 7.47. The summed E-state index contributed by atoms with van der Waals surface area (Å²) in [7, 11) is 0. The zero-order valence-corrected chi connectivity index (χ0v) is 11.7. The van der Waals surface area contributed by atoms with Gasteiger partial charge in [0.15, 0.2) is 0 Å². The maximum Gasteiger partial charge on any atom is 0.319 e. The highest BCUT2D eigenvalue weighted by molar-refractivity contribution is 6.52. The van der Waals surface area contributed by atoms with Gasteiger partial charge in [-0.15, -0.1) is 0 Å². The van der Waals surface area contributed by atoms with E-state index in [1.54, 1.807) is 0 Å². The van der Waals surface area contributed by atoms with Crippen LogP contribution in [0.5, 0.6) is 0 Å². The number of ether oxygens (including phenoxy) is 1. The molecule has 0 saturated carbocycles. The van der Waals surface area contributed by atoms with E-state index >= 15 is 0 Å². The minimum absolute atomic E-state index is 0.238. The Hall–Kier alpha value is -0.0151. The molecule has 2 nitrogen and oxygen atoms in total. The lowest BCUT2D eigenvalue weighted by molar-refractivity contribution is -0.119. The van der Waals surface area contributed by atoms with Gasteiger partial charge in [-0.05, 0) is 18.3 Å². The highest BCUT2D eigenvalue weighted by Crippen LogP contribution is 2.29. The molecule has 3 heteroatoms. The number of rotatable bonds is 4. The Bertz CT molecular complexity index is 206. The first-order valence-corrected chi connectivity index (χ1v) is 6.78.